The van der Waals surface area contributed by atoms with Crippen molar-refractivity contribution in [3.8, 4) is 0 Å². The van der Waals surface area contributed by atoms with E-state index in [4.69, 9.17) is 5.73 Å². The lowest BCUT2D eigenvalue weighted by atomic mass is 9.87. The molecule has 1 fully saturated rings. The maximum atomic E-state index is 6.09. The van der Waals surface area contributed by atoms with Gasteiger partial charge in [-0.3, -0.25) is 0 Å². The van der Waals surface area contributed by atoms with Gasteiger partial charge in [-0.05, 0) is 30.9 Å². The first kappa shape index (κ1) is 13.3. The smallest absolute Gasteiger partial charge is 0.0627 e. The summed E-state index contributed by atoms with van der Waals surface area (Å²) in [5, 5.41) is 0. The van der Waals surface area contributed by atoms with E-state index < -0.39 is 0 Å². The fraction of sp³-hybridized carbons (Fsp3) is 0.625. The molecule has 1 aliphatic rings. The molecule has 0 saturated heterocycles. The van der Waals surface area contributed by atoms with Gasteiger partial charge in [0.2, 0.25) is 0 Å². The van der Waals surface area contributed by atoms with Crippen molar-refractivity contribution in [1.29, 1.82) is 0 Å². The lowest BCUT2D eigenvalue weighted by molar-refractivity contribution is 0.341. The van der Waals surface area contributed by atoms with Crippen LogP contribution in [0, 0.1) is 12.8 Å². The summed E-state index contributed by atoms with van der Waals surface area (Å²) < 4.78 is 0. The Hall–Kier alpha value is -1.18. The highest BCUT2D eigenvalue weighted by Crippen LogP contribution is 2.29. The van der Waals surface area contributed by atoms with Gasteiger partial charge < -0.3 is 10.6 Å². The summed E-state index contributed by atoms with van der Waals surface area (Å²) in [6.07, 6.45) is 8.47. The number of hydrogen-bond acceptors (Lipinski definition) is 2. The van der Waals surface area contributed by atoms with Crippen LogP contribution in [0.4, 0.5) is 11.4 Å². The predicted octanol–water partition coefficient (Wildman–Crippen LogP) is 3.98. The molecule has 2 heteroatoms. The van der Waals surface area contributed by atoms with Crippen LogP contribution in [0.25, 0.3) is 0 Å². The Morgan fingerprint density at radius 2 is 1.94 bits per heavy atom. The van der Waals surface area contributed by atoms with Crippen molar-refractivity contribution < 1.29 is 0 Å². The predicted molar refractivity (Wildman–Crippen MR) is 80.1 cm³/mol. The molecule has 0 amide bonds. The molecule has 0 radical (unpaired) electrons. The van der Waals surface area contributed by atoms with E-state index in [0.29, 0.717) is 0 Å². The Morgan fingerprint density at radius 1 is 1.22 bits per heavy atom. The van der Waals surface area contributed by atoms with Gasteiger partial charge in [0.05, 0.1) is 11.4 Å². The second-order valence-corrected chi connectivity index (χ2v) is 5.73. The highest BCUT2D eigenvalue weighted by molar-refractivity contribution is 5.70. The molecule has 1 aliphatic carbocycles. The van der Waals surface area contributed by atoms with Crippen LogP contribution in [0.5, 0.6) is 0 Å². The molecule has 18 heavy (non-hydrogen) atoms. The summed E-state index contributed by atoms with van der Waals surface area (Å²) in [7, 11) is 2.17. The van der Waals surface area contributed by atoms with Gasteiger partial charge in [0.25, 0.3) is 0 Å². The SMILES string of the molecule is Cc1cccc(N)c1N(C)CCC1CCCCC1. The van der Waals surface area contributed by atoms with Gasteiger partial charge in [0.1, 0.15) is 0 Å². The van der Waals surface area contributed by atoms with Gasteiger partial charge in [-0.25, -0.2) is 0 Å². The first-order valence-electron chi connectivity index (χ1n) is 7.24. The van der Waals surface area contributed by atoms with Crippen molar-refractivity contribution >= 4 is 11.4 Å². The largest absolute Gasteiger partial charge is 0.397 e. The third-order valence-corrected chi connectivity index (χ3v) is 4.25. The summed E-state index contributed by atoms with van der Waals surface area (Å²) in [4.78, 5) is 2.33. The molecule has 0 atom stereocenters. The molecule has 1 saturated carbocycles. The van der Waals surface area contributed by atoms with Crippen LogP contribution in [0.15, 0.2) is 18.2 Å². The van der Waals surface area contributed by atoms with Crippen molar-refractivity contribution in [2.75, 3.05) is 24.2 Å². The molecule has 0 spiro atoms. The van der Waals surface area contributed by atoms with Crippen LogP contribution in [0.2, 0.25) is 0 Å². The number of benzene rings is 1. The minimum Gasteiger partial charge on any atom is -0.397 e. The number of aryl methyl sites for hydroxylation is 1. The zero-order valence-corrected chi connectivity index (χ0v) is 11.8. The van der Waals surface area contributed by atoms with Crippen molar-refractivity contribution in [3.63, 3.8) is 0 Å². The van der Waals surface area contributed by atoms with Crippen LogP contribution in [0.1, 0.15) is 44.1 Å². The van der Waals surface area contributed by atoms with Gasteiger partial charge in [0, 0.05) is 13.6 Å². The summed E-state index contributed by atoms with van der Waals surface area (Å²) in [5.41, 5.74) is 9.49. The second kappa shape index (κ2) is 6.12. The number of nitrogen functional groups attached to an aromatic ring is 1. The second-order valence-electron chi connectivity index (χ2n) is 5.73. The first-order chi connectivity index (χ1) is 8.68. The number of para-hydroxylation sites is 1. The monoisotopic (exact) mass is 246 g/mol. The van der Waals surface area contributed by atoms with Crippen LogP contribution in [-0.2, 0) is 0 Å². The van der Waals surface area contributed by atoms with Crippen molar-refractivity contribution in [1.82, 2.24) is 0 Å². The normalized spacial score (nSPS) is 16.8. The van der Waals surface area contributed by atoms with E-state index in [1.54, 1.807) is 0 Å². The summed E-state index contributed by atoms with van der Waals surface area (Å²) in [6.45, 7) is 3.27. The van der Waals surface area contributed by atoms with Gasteiger partial charge in [-0.15, -0.1) is 0 Å². The maximum Gasteiger partial charge on any atom is 0.0627 e. The summed E-state index contributed by atoms with van der Waals surface area (Å²) >= 11 is 0. The average Bonchev–Trinajstić information content (AvgIpc) is 2.37. The van der Waals surface area contributed by atoms with Crippen molar-refractivity contribution in [2.45, 2.75) is 45.4 Å². The van der Waals surface area contributed by atoms with Gasteiger partial charge >= 0.3 is 0 Å². The summed E-state index contributed by atoms with van der Waals surface area (Å²) in [5.74, 6) is 0.937. The molecule has 1 aromatic rings. The fourth-order valence-electron chi connectivity index (χ4n) is 3.17. The van der Waals surface area contributed by atoms with Gasteiger partial charge in [-0.1, -0.05) is 44.2 Å². The van der Waals surface area contributed by atoms with Gasteiger partial charge in [0.15, 0.2) is 0 Å². The minimum absolute atomic E-state index is 0.904. The Balaban J connectivity index is 1.92. The standard InChI is InChI=1S/C16H26N2/c1-13-7-6-10-15(17)16(13)18(2)12-11-14-8-4-3-5-9-14/h6-7,10,14H,3-5,8-9,11-12,17H2,1-2H3. The average molecular weight is 246 g/mol. The number of hydrogen-bond donors (Lipinski definition) is 1. The molecule has 1 aromatic carbocycles. The molecule has 0 aliphatic heterocycles. The van der Waals surface area contributed by atoms with E-state index in [0.717, 1.165) is 18.2 Å². The first-order valence-corrected chi connectivity index (χ1v) is 7.24. The molecule has 0 aromatic heterocycles. The molecule has 2 nitrogen and oxygen atoms in total. The maximum absolute atomic E-state index is 6.09. The van der Waals surface area contributed by atoms with E-state index in [1.807, 2.05) is 12.1 Å². The van der Waals surface area contributed by atoms with E-state index in [9.17, 15) is 0 Å². The highest BCUT2D eigenvalue weighted by atomic mass is 15.1. The number of nitrogens with two attached hydrogens (primary N) is 1. The highest BCUT2D eigenvalue weighted by Gasteiger charge is 2.15. The molecule has 2 N–H and O–H groups in total. The van der Waals surface area contributed by atoms with E-state index in [-0.39, 0.29) is 0 Å². The zero-order valence-electron chi connectivity index (χ0n) is 11.8. The summed E-state index contributed by atoms with van der Waals surface area (Å²) in [6, 6.07) is 6.17. The van der Waals surface area contributed by atoms with E-state index in [1.165, 1.54) is 49.8 Å². The lowest BCUT2D eigenvalue weighted by Crippen LogP contribution is -2.23. The number of rotatable bonds is 4. The Kier molecular flexibility index (Phi) is 4.51. The quantitative estimate of drug-likeness (QED) is 0.814. The van der Waals surface area contributed by atoms with E-state index >= 15 is 0 Å². The molecular weight excluding hydrogens is 220 g/mol. The third kappa shape index (κ3) is 3.18. The van der Waals surface area contributed by atoms with Crippen molar-refractivity contribution in [2.24, 2.45) is 5.92 Å². The Bertz CT molecular complexity index is 360. The number of nitrogens with zero attached hydrogens (tertiary/aromatic N) is 1. The van der Waals surface area contributed by atoms with E-state index in [2.05, 4.69) is 24.9 Å². The van der Waals surface area contributed by atoms with Crippen LogP contribution >= 0.6 is 0 Å². The fourth-order valence-corrected chi connectivity index (χ4v) is 3.17. The van der Waals surface area contributed by atoms with Crippen LogP contribution in [-0.4, -0.2) is 13.6 Å². The molecular formula is C16H26N2. The molecule has 0 bridgehead atoms. The van der Waals surface area contributed by atoms with Crippen LogP contribution in [0.3, 0.4) is 0 Å². The Labute approximate surface area is 111 Å². The molecule has 0 unspecified atom stereocenters. The lowest BCUT2D eigenvalue weighted by Gasteiger charge is -2.27. The molecule has 100 valence electrons. The van der Waals surface area contributed by atoms with Crippen LogP contribution < -0.4 is 10.6 Å². The topological polar surface area (TPSA) is 29.3 Å². The minimum atomic E-state index is 0.904. The zero-order chi connectivity index (χ0) is 13.0. The Morgan fingerprint density at radius 3 is 2.61 bits per heavy atom. The number of anilines is 2. The van der Waals surface area contributed by atoms with Gasteiger partial charge in [-0.2, -0.15) is 0 Å². The third-order valence-electron chi connectivity index (χ3n) is 4.25. The molecule has 2 rings (SSSR count). The van der Waals surface area contributed by atoms with Crippen molar-refractivity contribution in [3.05, 3.63) is 23.8 Å². The molecule has 0 heterocycles.